The first-order valence-corrected chi connectivity index (χ1v) is 12.4. The summed E-state index contributed by atoms with van der Waals surface area (Å²) in [6.45, 7) is 11.4. The van der Waals surface area contributed by atoms with E-state index in [1.807, 2.05) is 32.6 Å². The summed E-state index contributed by atoms with van der Waals surface area (Å²) in [6, 6.07) is 0.0476. The molecule has 1 saturated heterocycles. The first kappa shape index (κ1) is 27.1. The molecular weight excluding hydrogens is 378 g/mol. The van der Waals surface area contributed by atoms with Gasteiger partial charge in [0.15, 0.2) is 0 Å². The number of carbonyl (C=O) groups is 2. The first-order chi connectivity index (χ1) is 14.3. The summed E-state index contributed by atoms with van der Waals surface area (Å²) < 4.78 is 11.7. The molecule has 0 spiro atoms. The van der Waals surface area contributed by atoms with Gasteiger partial charge in [0.25, 0.3) is 0 Å². The van der Waals surface area contributed by atoms with Crippen LogP contribution in [0, 0.1) is 0 Å². The van der Waals surface area contributed by atoms with Crippen LogP contribution in [0.15, 0.2) is 0 Å². The zero-order chi connectivity index (χ0) is 22.4. The maximum atomic E-state index is 12.8. The molecule has 1 rings (SSSR count). The molecule has 1 fully saturated rings. The fourth-order valence-corrected chi connectivity index (χ4v) is 4.10. The standard InChI is InChI=1S/C25H47NO4/c1-6-7-8-9-10-11-12-13-14-23(27)15-16-25(28)26-18-24(30-21(4)5)17-22(26)19-29-20(2)3/h20-22,24H,6-19H2,1-5H3/t22-,24+/m0/s1. The number of ether oxygens (including phenoxy) is 2. The van der Waals surface area contributed by atoms with Crippen molar-refractivity contribution in [3.8, 4) is 0 Å². The molecule has 0 unspecified atom stereocenters. The number of ketones is 1. The van der Waals surface area contributed by atoms with E-state index in [2.05, 4.69) is 6.92 Å². The highest BCUT2D eigenvalue weighted by molar-refractivity contribution is 5.85. The van der Waals surface area contributed by atoms with Crippen LogP contribution in [-0.2, 0) is 19.1 Å². The Bertz CT molecular complexity index is 478. The molecule has 1 aliphatic rings. The van der Waals surface area contributed by atoms with Gasteiger partial charge in [0, 0.05) is 25.8 Å². The number of unbranched alkanes of at least 4 members (excludes halogenated alkanes) is 7. The molecule has 2 atom stereocenters. The Kier molecular flexibility index (Phi) is 14.3. The van der Waals surface area contributed by atoms with Crippen LogP contribution in [0.5, 0.6) is 0 Å². The molecule has 1 aliphatic heterocycles. The van der Waals surface area contributed by atoms with Crippen molar-refractivity contribution in [3.63, 3.8) is 0 Å². The van der Waals surface area contributed by atoms with Gasteiger partial charge in [-0.25, -0.2) is 0 Å². The van der Waals surface area contributed by atoms with Crippen LogP contribution in [-0.4, -0.2) is 54.1 Å². The molecule has 0 aromatic heterocycles. The molecule has 0 N–H and O–H groups in total. The van der Waals surface area contributed by atoms with Crippen molar-refractivity contribution < 1.29 is 19.1 Å². The summed E-state index contributed by atoms with van der Waals surface area (Å²) >= 11 is 0. The normalized spacial score (nSPS) is 19.2. The highest BCUT2D eigenvalue weighted by Gasteiger charge is 2.36. The van der Waals surface area contributed by atoms with Crippen LogP contribution in [0.1, 0.15) is 112 Å². The number of rotatable bonds is 17. The SMILES string of the molecule is CCCCCCCCCCC(=O)CCC(=O)N1C[C@H](OC(C)C)C[C@H]1COC(C)C. The average molecular weight is 426 g/mol. The Labute approximate surface area is 185 Å². The van der Waals surface area contributed by atoms with Gasteiger partial charge in [-0.15, -0.1) is 0 Å². The van der Waals surface area contributed by atoms with E-state index in [0.717, 1.165) is 19.3 Å². The minimum absolute atomic E-state index is 0.0476. The van der Waals surface area contributed by atoms with E-state index in [4.69, 9.17) is 9.47 Å². The Morgan fingerprint density at radius 3 is 2.10 bits per heavy atom. The molecule has 0 aliphatic carbocycles. The second-order valence-corrected chi connectivity index (χ2v) is 9.39. The zero-order valence-corrected chi connectivity index (χ0v) is 20.3. The van der Waals surface area contributed by atoms with Crippen LogP contribution in [0.3, 0.4) is 0 Å². The molecule has 0 radical (unpaired) electrons. The van der Waals surface area contributed by atoms with Crippen molar-refractivity contribution in [2.75, 3.05) is 13.2 Å². The Hall–Kier alpha value is -0.940. The Morgan fingerprint density at radius 1 is 0.867 bits per heavy atom. The molecule has 0 saturated carbocycles. The largest absolute Gasteiger partial charge is 0.377 e. The van der Waals surface area contributed by atoms with Crippen molar-refractivity contribution in [1.29, 1.82) is 0 Å². The topological polar surface area (TPSA) is 55.8 Å². The number of amides is 1. The quantitative estimate of drug-likeness (QED) is 0.281. The maximum Gasteiger partial charge on any atom is 0.223 e. The predicted molar refractivity (Wildman–Crippen MR) is 123 cm³/mol. The van der Waals surface area contributed by atoms with Crippen molar-refractivity contribution in [2.24, 2.45) is 0 Å². The Morgan fingerprint density at radius 2 is 1.50 bits per heavy atom. The van der Waals surface area contributed by atoms with E-state index in [1.54, 1.807) is 0 Å². The van der Waals surface area contributed by atoms with Gasteiger partial charge in [-0.3, -0.25) is 9.59 Å². The fourth-order valence-electron chi connectivity index (χ4n) is 4.10. The number of hydrogen-bond donors (Lipinski definition) is 0. The number of Topliss-reactive ketones (excluding diaryl/α,β-unsaturated/α-hetero) is 1. The monoisotopic (exact) mass is 425 g/mol. The summed E-state index contributed by atoms with van der Waals surface area (Å²) in [7, 11) is 0. The summed E-state index contributed by atoms with van der Waals surface area (Å²) in [4.78, 5) is 26.9. The lowest BCUT2D eigenvalue weighted by molar-refractivity contribution is -0.135. The average Bonchev–Trinajstić information content (AvgIpc) is 3.08. The summed E-state index contributed by atoms with van der Waals surface area (Å²) in [5.41, 5.74) is 0. The lowest BCUT2D eigenvalue weighted by Gasteiger charge is -2.25. The molecule has 0 aromatic rings. The van der Waals surface area contributed by atoms with Crippen LogP contribution in [0.2, 0.25) is 0 Å². The van der Waals surface area contributed by atoms with Gasteiger partial charge in [-0.1, -0.05) is 51.9 Å². The van der Waals surface area contributed by atoms with Crippen molar-refractivity contribution in [2.45, 2.75) is 136 Å². The number of hydrogen-bond acceptors (Lipinski definition) is 4. The number of carbonyl (C=O) groups excluding carboxylic acids is 2. The van der Waals surface area contributed by atoms with Crippen LogP contribution >= 0.6 is 0 Å². The van der Waals surface area contributed by atoms with Gasteiger partial charge in [0.2, 0.25) is 5.91 Å². The lowest BCUT2D eigenvalue weighted by Crippen LogP contribution is -2.39. The number of nitrogens with zero attached hydrogens (tertiary/aromatic N) is 1. The van der Waals surface area contributed by atoms with E-state index in [-0.39, 0.29) is 36.0 Å². The van der Waals surface area contributed by atoms with Crippen molar-refractivity contribution >= 4 is 11.7 Å². The fraction of sp³-hybridized carbons (Fsp3) is 0.920. The summed E-state index contributed by atoms with van der Waals surface area (Å²) in [6.07, 6.45) is 12.3. The molecule has 30 heavy (non-hydrogen) atoms. The van der Waals surface area contributed by atoms with Gasteiger partial charge in [0.1, 0.15) is 5.78 Å². The third-order valence-electron chi connectivity index (χ3n) is 5.71. The highest BCUT2D eigenvalue weighted by atomic mass is 16.5. The van der Waals surface area contributed by atoms with Crippen LogP contribution < -0.4 is 0 Å². The van der Waals surface area contributed by atoms with Gasteiger partial charge in [-0.2, -0.15) is 0 Å². The molecule has 0 bridgehead atoms. The minimum atomic E-state index is 0.0476. The summed E-state index contributed by atoms with van der Waals surface area (Å²) in [5.74, 6) is 0.282. The van der Waals surface area contributed by atoms with Crippen molar-refractivity contribution in [3.05, 3.63) is 0 Å². The van der Waals surface area contributed by atoms with E-state index >= 15 is 0 Å². The molecule has 1 amide bonds. The van der Waals surface area contributed by atoms with Gasteiger partial charge in [-0.05, 0) is 40.5 Å². The van der Waals surface area contributed by atoms with Gasteiger partial charge < -0.3 is 14.4 Å². The molecule has 5 heteroatoms. The third kappa shape index (κ3) is 12.0. The zero-order valence-electron chi connectivity index (χ0n) is 20.3. The second-order valence-electron chi connectivity index (χ2n) is 9.39. The van der Waals surface area contributed by atoms with Gasteiger partial charge >= 0.3 is 0 Å². The van der Waals surface area contributed by atoms with E-state index < -0.39 is 0 Å². The predicted octanol–water partition coefficient (Wildman–Crippen LogP) is 5.69. The molecule has 0 aromatic carbocycles. The van der Waals surface area contributed by atoms with E-state index in [9.17, 15) is 9.59 Å². The van der Waals surface area contributed by atoms with Crippen molar-refractivity contribution in [1.82, 2.24) is 4.90 Å². The van der Waals surface area contributed by atoms with E-state index in [0.29, 0.717) is 32.4 Å². The summed E-state index contributed by atoms with van der Waals surface area (Å²) in [5, 5.41) is 0. The second kappa shape index (κ2) is 15.8. The Balaban J connectivity index is 2.30. The highest BCUT2D eigenvalue weighted by Crippen LogP contribution is 2.24. The smallest absolute Gasteiger partial charge is 0.223 e. The molecule has 5 nitrogen and oxygen atoms in total. The van der Waals surface area contributed by atoms with Crippen LogP contribution in [0.4, 0.5) is 0 Å². The van der Waals surface area contributed by atoms with Gasteiger partial charge in [0.05, 0.1) is 31.0 Å². The van der Waals surface area contributed by atoms with E-state index in [1.165, 1.54) is 38.5 Å². The molecule has 1 heterocycles. The third-order valence-corrected chi connectivity index (χ3v) is 5.71. The lowest BCUT2D eigenvalue weighted by atomic mass is 10.0. The van der Waals surface area contributed by atoms with Crippen LogP contribution in [0.25, 0.3) is 0 Å². The maximum absolute atomic E-state index is 12.8. The minimum Gasteiger partial charge on any atom is -0.377 e. The molecular formula is C25H47NO4. The first-order valence-electron chi connectivity index (χ1n) is 12.4. The molecule has 176 valence electrons. The number of likely N-dealkylation sites (tertiary alicyclic amines) is 1.